The van der Waals surface area contributed by atoms with Gasteiger partial charge in [0.1, 0.15) is 0 Å². The zero-order valence-electron chi connectivity index (χ0n) is 10.9. The van der Waals surface area contributed by atoms with Crippen molar-refractivity contribution in [2.75, 3.05) is 12.8 Å². The van der Waals surface area contributed by atoms with Crippen molar-refractivity contribution < 1.29 is 4.79 Å². The van der Waals surface area contributed by atoms with Gasteiger partial charge in [0.05, 0.1) is 5.56 Å². The number of rotatable bonds is 3. The van der Waals surface area contributed by atoms with Crippen molar-refractivity contribution in [2.45, 2.75) is 6.54 Å². The number of amides is 1. The van der Waals surface area contributed by atoms with Crippen LogP contribution in [0.15, 0.2) is 46.9 Å². The highest BCUT2D eigenvalue weighted by molar-refractivity contribution is 9.10. The Morgan fingerprint density at radius 3 is 2.70 bits per heavy atom. The number of hydrogen-bond donors (Lipinski definition) is 1. The third kappa shape index (κ3) is 3.52. The average Bonchev–Trinajstić information content (AvgIpc) is 2.38. The Morgan fingerprint density at radius 1 is 1.30 bits per heavy atom. The highest BCUT2D eigenvalue weighted by Gasteiger charge is 2.15. The summed E-state index contributed by atoms with van der Waals surface area (Å²) in [6.45, 7) is 0.481. The van der Waals surface area contributed by atoms with Crippen molar-refractivity contribution in [3.63, 3.8) is 0 Å². The van der Waals surface area contributed by atoms with Gasteiger partial charge in [0.2, 0.25) is 0 Å². The van der Waals surface area contributed by atoms with Gasteiger partial charge in [-0.05, 0) is 35.9 Å². The molecule has 0 spiro atoms. The summed E-state index contributed by atoms with van der Waals surface area (Å²) in [5.74, 6) is -0.116. The zero-order chi connectivity index (χ0) is 14.7. The van der Waals surface area contributed by atoms with E-state index in [9.17, 15) is 4.79 Å². The molecule has 2 N–H and O–H groups in total. The minimum Gasteiger partial charge on any atom is -0.398 e. The third-order valence-corrected chi connectivity index (χ3v) is 3.63. The molecule has 0 atom stereocenters. The minimum absolute atomic E-state index is 0.116. The second-order valence-corrected chi connectivity index (χ2v) is 5.87. The molecule has 0 aliphatic carbocycles. The van der Waals surface area contributed by atoms with Crippen LogP contribution in [0.5, 0.6) is 0 Å². The molecule has 104 valence electrons. The lowest BCUT2D eigenvalue weighted by atomic mass is 10.1. The van der Waals surface area contributed by atoms with Gasteiger partial charge < -0.3 is 10.6 Å². The predicted molar refractivity (Wildman–Crippen MR) is 85.8 cm³/mol. The second kappa shape index (κ2) is 6.29. The fourth-order valence-electron chi connectivity index (χ4n) is 1.91. The van der Waals surface area contributed by atoms with E-state index in [1.807, 2.05) is 18.2 Å². The first-order chi connectivity index (χ1) is 9.47. The molecule has 0 bridgehead atoms. The molecule has 2 aromatic carbocycles. The summed E-state index contributed by atoms with van der Waals surface area (Å²) in [5.41, 5.74) is 7.81. The van der Waals surface area contributed by atoms with E-state index in [-0.39, 0.29) is 5.91 Å². The molecule has 2 rings (SSSR count). The van der Waals surface area contributed by atoms with Gasteiger partial charge in [-0.15, -0.1) is 0 Å². The number of nitrogens with two attached hydrogens (primary N) is 1. The maximum atomic E-state index is 12.4. The Bertz CT molecular complexity index is 646. The average molecular weight is 354 g/mol. The molecule has 0 aliphatic rings. The molecule has 0 aliphatic heterocycles. The number of benzene rings is 2. The van der Waals surface area contributed by atoms with Gasteiger partial charge in [-0.1, -0.05) is 39.7 Å². The zero-order valence-corrected chi connectivity index (χ0v) is 13.3. The fraction of sp³-hybridized carbons (Fsp3) is 0.133. The highest BCUT2D eigenvalue weighted by Crippen LogP contribution is 2.20. The first kappa shape index (κ1) is 14.9. The normalized spacial score (nSPS) is 10.3. The van der Waals surface area contributed by atoms with E-state index in [0.717, 1.165) is 10.0 Å². The summed E-state index contributed by atoms with van der Waals surface area (Å²) in [6.07, 6.45) is 0. The topological polar surface area (TPSA) is 46.3 Å². The molecule has 0 saturated heterocycles. The molecule has 0 radical (unpaired) electrons. The van der Waals surface area contributed by atoms with Crippen LogP contribution in [-0.4, -0.2) is 17.9 Å². The summed E-state index contributed by atoms with van der Waals surface area (Å²) in [6, 6.07) is 12.7. The van der Waals surface area contributed by atoms with Crippen LogP contribution in [0, 0.1) is 0 Å². The van der Waals surface area contributed by atoms with Gasteiger partial charge in [0, 0.05) is 28.8 Å². The Hall–Kier alpha value is -1.52. The second-order valence-electron chi connectivity index (χ2n) is 4.52. The third-order valence-electron chi connectivity index (χ3n) is 2.90. The van der Waals surface area contributed by atoms with Crippen LogP contribution in [0.3, 0.4) is 0 Å². The van der Waals surface area contributed by atoms with Crippen LogP contribution in [0.1, 0.15) is 15.9 Å². The minimum atomic E-state index is -0.116. The van der Waals surface area contributed by atoms with Gasteiger partial charge in [-0.3, -0.25) is 4.79 Å². The Kier molecular flexibility index (Phi) is 4.68. The Morgan fingerprint density at radius 2 is 2.05 bits per heavy atom. The first-order valence-corrected chi connectivity index (χ1v) is 7.19. The van der Waals surface area contributed by atoms with E-state index in [2.05, 4.69) is 15.9 Å². The van der Waals surface area contributed by atoms with Crippen molar-refractivity contribution in [1.29, 1.82) is 0 Å². The molecular weight excluding hydrogens is 340 g/mol. The standard InChI is InChI=1S/C15H14BrClN2O/c1-19(9-10-3-2-4-12(17)7-10)15(20)13-6-5-11(16)8-14(13)18/h2-8H,9,18H2,1H3. The Balaban J connectivity index is 2.16. The van der Waals surface area contributed by atoms with Gasteiger partial charge in [-0.2, -0.15) is 0 Å². The molecule has 0 aromatic heterocycles. The molecule has 3 nitrogen and oxygen atoms in total. The van der Waals surface area contributed by atoms with Crippen LogP contribution in [0.2, 0.25) is 5.02 Å². The molecule has 0 fully saturated rings. The summed E-state index contributed by atoms with van der Waals surface area (Å²) in [4.78, 5) is 14.0. The number of carbonyl (C=O) groups excluding carboxylic acids is 1. The number of carbonyl (C=O) groups is 1. The van der Waals surface area contributed by atoms with Crippen LogP contribution in [0.25, 0.3) is 0 Å². The van der Waals surface area contributed by atoms with E-state index >= 15 is 0 Å². The molecular formula is C15H14BrClN2O. The molecule has 1 amide bonds. The lowest BCUT2D eigenvalue weighted by Crippen LogP contribution is -2.26. The maximum Gasteiger partial charge on any atom is 0.255 e. The number of halogens is 2. The monoisotopic (exact) mass is 352 g/mol. The summed E-state index contributed by atoms with van der Waals surface area (Å²) in [7, 11) is 1.74. The first-order valence-electron chi connectivity index (χ1n) is 6.02. The van der Waals surface area contributed by atoms with Crippen LogP contribution < -0.4 is 5.73 Å². The van der Waals surface area contributed by atoms with Gasteiger partial charge in [-0.25, -0.2) is 0 Å². The lowest BCUT2D eigenvalue weighted by molar-refractivity contribution is 0.0786. The molecule has 0 heterocycles. The van der Waals surface area contributed by atoms with Crippen LogP contribution in [-0.2, 0) is 6.54 Å². The molecule has 0 unspecified atom stereocenters. The number of hydrogen-bond acceptors (Lipinski definition) is 2. The lowest BCUT2D eigenvalue weighted by Gasteiger charge is -2.18. The van der Waals surface area contributed by atoms with Gasteiger partial charge >= 0.3 is 0 Å². The molecule has 0 saturated carbocycles. The van der Waals surface area contributed by atoms with E-state index in [1.165, 1.54) is 0 Å². The van der Waals surface area contributed by atoms with Crippen molar-refractivity contribution in [3.8, 4) is 0 Å². The fourth-order valence-corrected chi connectivity index (χ4v) is 2.51. The van der Waals surface area contributed by atoms with Gasteiger partial charge in [0.15, 0.2) is 0 Å². The van der Waals surface area contributed by atoms with E-state index in [4.69, 9.17) is 17.3 Å². The van der Waals surface area contributed by atoms with Crippen molar-refractivity contribution >= 4 is 39.1 Å². The van der Waals surface area contributed by atoms with Crippen LogP contribution >= 0.6 is 27.5 Å². The van der Waals surface area contributed by atoms with Crippen molar-refractivity contribution in [3.05, 3.63) is 63.1 Å². The smallest absolute Gasteiger partial charge is 0.255 e. The van der Waals surface area contributed by atoms with Gasteiger partial charge in [0.25, 0.3) is 5.91 Å². The summed E-state index contributed by atoms with van der Waals surface area (Å²) >= 11 is 9.26. The SMILES string of the molecule is CN(Cc1cccc(Cl)c1)C(=O)c1ccc(Br)cc1N. The van der Waals surface area contributed by atoms with Crippen LogP contribution in [0.4, 0.5) is 5.69 Å². The number of nitrogen functional groups attached to an aromatic ring is 1. The quantitative estimate of drug-likeness (QED) is 0.849. The summed E-state index contributed by atoms with van der Waals surface area (Å²) < 4.78 is 0.851. The van der Waals surface area contributed by atoms with E-state index in [1.54, 1.807) is 36.2 Å². The number of anilines is 1. The van der Waals surface area contributed by atoms with E-state index in [0.29, 0.717) is 22.8 Å². The Labute approximate surface area is 131 Å². The molecule has 2 aromatic rings. The van der Waals surface area contributed by atoms with Crippen molar-refractivity contribution in [2.24, 2.45) is 0 Å². The van der Waals surface area contributed by atoms with Crippen molar-refractivity contribution in [1.82, 2.24) is 4.90 Å². The molecule has 5 heteroatoms. The largest absolute Gasteiger partial charge is 0.398 e. The molecule has 20 heavy (non-hydrogen) atoms. The highest BCUT2D eigenvalue weighted by atomic mass is 79.9. The summed E-state index contributed by atoms with van der Waals surface area (Å²) in [5, 5.41) is 0.659. The maximum absolute atomic E-state index is 12.4. The number of nitrogens with zero attached hydrogens (tertiary/aromatic N) is 1. The predicted octanol–water partition coefficient (Wildman–Crippen LogP) is 3.96. The van der Waals surface area contributed by atoms with E-state index < -0.39 is 0 Å².